The Morgan fingerprint density at radius 3 is 1.39 bits per heavy atom. The maximum absolute atomic E-state index is 11.9. The van der Waals surface area contributed by atoms with Gasteiger partial charge in [0, 0.05) is 34.8 Å². The van der Waals surface area contributed by atoms with Crippen LogP contribution in [0.1, 0.15) is 105 Å². The lowest BCUT2D eigenvalue weighted by atomic mass is 9.64. The summed E-state index contributed by atoms with van der Waals surface area (Å²) < 4.78 is 21.5. The van der Waals surface area contributed by atoms with Crippen LogP contribution in [0.15, 0.2) is 127 Å². The molecule has 6 aromatic rings. The van der Waals surface area contributed by atoms with Crippen molar-refractivity contribution in [2.75, 3.05) is 14.2 Å². The van der Waals surface area contributed by atoms with Crippen LogP contribution in [0, 0.1) is 23.7 Å². The molecule has 4 aliphatic rings. The number of hydrogen-bond acceptors (Lipinski definition) is 10. The number of fused-ring (bicyclic) bond motifs is 4. The van der Waals surface area contributed by atoms with Crippen molar-refractivity contribution in [1.82, 2.24) is 15.0 Å². The number of esters is 2. The predicted octanol–water partition coefficient (Wildman–Crippen LogP) is 10.6. The van der Waals surface area contributed by atoms with Crippen LogP contribution >= 0.6 is 11.3 Å². The van der Waals surface area contributed by atoms with Crippen LogP contribution in [-0.4, -0.2) is 41.1 Å². The lowest BCUT2D eigenvalue weighted by molar-refractivity contribution is 0.0592. The Balaban J connectivity index is 0.000000156. The fraction of sp³-hybridized carbons (Fsp3) is 0.353. The Labute approximate surface area is 361 Å². The van der Waals surface area contributed by atoms with Gasteiger partial charge in [0.25, 0.3) is 0 Å². The highest BCUT2D eigenvalue weighted by Gasteiger charge is 2.54. The number of ether oxygens (including phenoxy) is 4. The zero-order valence-corrected chi connectivity index (χ0v) is 35.5. The number of hydrogen-bond donors (Lipinski definition) is 0. The van der Waals surface area contributed by atoms with Crippen molar-refractivity contribution in [2.24, 2.45) is 23.7 Å². The van der Waals surface area contributed by atoms with E-state index in [-0.39, 0.29) is 22.8 Å². The minimum Gasteiger partial charge on any atom is -0.486 e. The molecule has 4 fully saturated rings. The lowest BCUT2D eigenvalue weighted by Crippen LogP contribution is -2.34. The molecule has 0 aliphatic heterocycles. The summed E-state index contributed by atoms with van der Waals surface area (Å²) in [6, 6.07) is 35.0. The Kier molecular flexibility index (Phi) is 11.7. The van der Waals surface area contributed by atoms with E-state index >= 15 is 0 Å². The molecule has 0 saturated heterocycles. The fourth-order valence-corrected chi connectivity index (χ4v) is 11.7. The summed E-state index contributed by atoms with van der Waals surface area (Å²) in [7, 11) is 2.84. The van der Waals surface area contributed by atoms with Crippen molar-refractivity contribution >= 4 is 23.3 Å². The third-order valence-electron chi connectivity index (χ3n) is 13.9. The van der Waals surface area contributed by atoms with Gasteiger partial charge in [0.2, 0.25) is 0 Å². The van der Waals surface area contributed by atoms with Crippen LogP contribution in [0.2, 0.25) is 0 Å². The topological polar surface area (TPSA) is 110 Å². The van der Waals surface area contributed by atoms with Crippen molar-refractivity contribution in [3.05, 3.63) is 171 Å². The average molecular weight is 834 g/mol. The fourth-order valence-electron chi connectivity index (χ4n) is 11.2. The van der Waals surface area contributed by atoms with Gasteiger partial charge in [-0.3, -0.25) is 0 Å². The number of methoxy groups -OCH3 is 2. The van der Waals surface area contributed by atoms with E-state index in [4.69, 9.17) is 18.9 Å². The number of benzene rings is 4. The van der Waals surface area contributed by atoms with E-state index in [0.717, 1.165) is 34.8 Å². The number of rotatable bonds is 12. The van der Waals surface area contributed by atoms with E-state index in [0.29, 0.717) is 42.0 Å². The first-order chi connectivity index (χ1) is 29.9. The quantitative estimate of drug-likeness (QED) is 0.111. The predicted molar refractivity (Wildman–Crippen MR) is 234 cm³/mol. The maximum atomic E-state index is 11.9. The van der Waals surface area contributed by atoms with Gasteiger partial charge >= 0.3 is 11.9 Å². The van der Waals surface area contributed by atoms with Crippen molar-refractivity contribution < 1.29 is 28.5 Å². The van der Waals surface area contributed by atoms with Gasteiger partial charge in [-0.2, -0.15) is 0 Å². The van der Waals surface area contributed by atoms with E-state index in [2.05, 4.69) is 87.7 Å². The second-order valence-electron chi connectivity index (χ2n) is 17.0. The normalized spacial score (nSPS) is 24.4. The minimum absolute atomic E-state index is 0.00135. The molecule has 4 bridgehead atoms. The number of nitrogens with zero attached hydrogens (tertiary/aromatic N) is 3. The molecule has 6 atom stereocenters. The van der Waals surface area contributed by atoms with Crippen LogP contribution in [0.5, 0.6) is 11.5 Å². The molecule has 4 aliphatic carbocycles. The lowest BCUT2D eigenvalue weighted by Gasteiger charge is -2.39. The molecule has 0 radical (unpaired) electrons. The van der Waals surface area contributed by atoms with Crippen LogP contribution in [0.4, 0.5) is 0 Å². The second kappa shape index (κ2) is 17.6. The Morgan fingerprint density at radius 2 is 1.02 bits per heavy atom. The Bertz CT molecular complexity index is 2410. The second-order valence-corrected chi connectivity index (χ2v) is 17.9. The highest BCUT2D eigenvalue weighted by molar-refractivity contribution is 7.09. The molecule has 2 aromatic heterocycles. The molecule has 312 valence electrons. The zero-order chi connectivity index (χ0) is 41.8. The first-order valence-electron chi connectivity index (χ1n) is 21.4. The molecular formula is C51H51N3O6S. The first-order valence-corrected chi connectivity index (χ1v) is 22.2. The van der Waals surface area contributed by atoms with Crippen molar-refractivity contribution in [3.8, 4) is 11.5 Å². The molecule has 2 heterocycles. The molecular weight excluding hydrogens is 783 g/mol. The van der Waals surface area contributed by atoms with E-state index < -0.39 is 0 Å². The zero-order valence-electron chi connectivity index (χ0n) is 34.7. The largest absolute Gasteiger partial charge is 0.486 e. The van der Waals surface area contributed by atoms with Gasteiger partial charge in [-0.25, -0.2) is 24.5 Å². The Morgan fingerprint density at radius 1 is 0.574 bits per heavy atom. The standard InChI is InChI=1S/C26H26N2O3.C25H25NO3S/c1-30-25(29)19-4-7-20(8-5-19)26(16-18-3-6-22(26)15-18)21-9-11-23(12-10-21)31-17-24-27-13-2-14-28-24;1-28-24(27)18-3-6-19(7-4-18)25(15-17-2-5-21(25)14-17)20-8-10-22(11-9-20)29-16-23-26-12-13-30-23/h2,4-5,7-14,18,22H,3,6,15-17H2,1H3;3-4,6-13,17,21H,2,5,14-16H2,1H3/t18?,22-,26+;17?,21-,25+/m11/s1. The van der Waals surface area contributed by atoms with Gasteiger partial charge in [-0.05, 0) is 139 Å². The third kappa shape index (κ3) is 8.06. The minimum atomic E-state index is -0.294. The summed E-state index contributed by atoms with van der Waals surface area (Å²) >= 11 is 1.61. The molecule has 4 aromatic carbocycles. The highest BCUT2D eigenvalue weighted by Crippen LogP contribution is 2.61. The van der Waals surface area contributed by atoms with Gasteiger partial charge in [0.05, 0.1) is 25.3 Å². The number of thiazole rings is 1. The first kappa shape index (κ1) is 40.5. The smallest absolute Gasteiger partial charge is 0.337 e. The molecule has 4 saturated carbocycles. The van der Waals surface area contributed by atoms with Crippen LogP contribution in [0.3, 0.4) is 0 Å². The monoisotopic (exact) mass is 833 g/mol. The molecule has 9 nitrogen and oxygen atoms in total. The number of carbonyl (C=O) groups is 2. The van der Waals surface area contributed by atoms with Crippen molar-refractivity contribution in [1.29, 1.82) is 0 Å². The van der Waals surface area contributed by atoms with Gasteiger partial charge in [0.1, 0.15) is 29.7 Å². The Hall–Kier alpha value is -5.87. The van der Waals surface area contributed by atoms with E-state index in [1.807, 2.05) is 29.6 Å². The van der Waals surface area contributed by atoms with Gasteiger partial charge in [0.15, 0.2) is 5.82 Å². The van der Waals surface area contributed by atoms with Crippen molar-refractivity contribution in [2.45, 2.75) is 75.4 Å². The van der Waals surface area contributed by atoms with E-state index in [1.165, 1.54) is 81.4 Å². The van der Waals surface area contributed by atoms with Gasteiger partial charge < -0.3 is 18.9 Å². The van der Waals surface area contributed by atoms with Gasteiger partial charge in [-0.15, -0.1) is 11.3 Å². The number of carbonyl (C=O) groups excluding carboxylic acids is 2. The molecule has 2 unspecified atom stereocenters. The molecule has 0 N–H and O–H groups in total. The van der Waals surface area contributed by atoms with E-state index in [9.17, 15) is 9.59 Å². The maximum Gasteiger partial charge on any atom is 0.337 e. The summed E-state index contributed by atoms with van der Waals surface area (Å²) in [5, 5.41) is 2.95. The van der Waals surface area contributed by atoms with Crippen LogP contribution in [0.25, 0.3) is 0 Å². The summed E-state index contributed by atoms with van der Waals surface area (Å²) in [5.74, 6) is 4.61. The van der Waals surface area contributed by atoms with Gasteiger partial charge in [-0.1, -0.05) is 61.4 Å². The molecule has 0 amide bonds. The SMILES string of the molecule is COC(=O)c1ccc([C@]2(c3ccc(OCc4ncccn4)cc3)CC3CC[C@@H]2C3)cc1.COC(=O)c1ccc([C@]2(c3ccc(OCc4nccs4)cc3)CC3CC[C@@H]2C3)cc1. The summed E-state index contributed by atoms with van der Waals surface area (Å²) in [5.41, 5.74) is 6.49. The summed E-state index contributed by atoms with van der Waals surface area (Å²) in [6.07, 6.45) is 15.3. The number of aromatic nitrogens is 3. The average Bonchev–Trinajstić information content (AvgIpc) is 4.20. The molecule has 10 heteroatoms. The summed E-state index contributed by atoms with van der Waals surface area (Å²) in [4.78, 5) is 36.4. The van der Waals surface area contributed by atoms with Crippen LogP contribution < -0.4 is 9.47 Å². The van der Waals surface area contributed by atoms with Crippen molar-refractivity contribution in [3.63, 3.8) is 0 Å². The molecule has 0 spiro atoms. The molecule has 61 heavy (non-hydrogen) atoms. The summed E-state index contributed by atoms with van der Waals surface area (Å²) in [6.45, 7) is 0.854. The highest BCUT2D eigenvalue weighted by atomic mass is 32.1. The van der Waals surface area contributed by atoms with Crippen LogP contribution in [-0.2, 0) is 33.5 Å². The van der Waals surface area contributed by atoms with E-state index in [1.54, 1.807) is 36.0 Å². The third-order valence-corrected chi connectivity index (χ3v) is 14.7. The molecule has 10 rings (SSSR count).